The average molecular weight is 409 g/mol. The van der Waals surface area contributed by atoms with Gasteiger partial charge in [0.1, 0.15) is 11.9 Å². The highest BCUT2D eigenvalue weighted by molar-refractivity contribution is 5.70. The van der Waals surface area contributed by atoms with Gasteiger partial charge < -0.3 is 10.4 Å². The zero-order valence-corrected chi connectivity index (χ0v) is 16.2. The predicted octanol–water partition coefficient (Wildman–Crippen LogP) is 3.67. The summed E-state index contributed by atoms with van der Waals surface area (Å²) in [6.07, 6.45) is 3.93. The number of halogens is 2. The molecule has 0 saturated carbocycles. The van der Waals surface area contributed by atoms with Crippen LogP contribution in [0.25, 0.3) is 22.5 Å². The minimum atomic E-state index is -0.971. The van der Waals surface area contributed by atoms with Crippen molar-refractivity contribution in [1.29, 1.82) is 0 Å². The van der Waals surface area contributed by atoms with Crippen molar-refractivity contribution >= 4 is 5.57 Å². The highest BCUT2D eigenvalue weighted by Crippen LogP contribution is 2.39. The van der Waals surface area contributed by atoms with Crippen molar-refractivity contribution in [3.05, 3.63) is 60.8 Å². The van der Waals surface area contributed by atoms with E-state index in [1.165, 1.54) is 16.9 Å². The summed E-state index contributed by atoms with van der Waals surface area (Å²) in [5.41, 5.74) is 2.72. The van der Waals surface area contributed by atoms with E-state index in [1.54, 1.807) is 24.3 Å². The zero-order chi connectivity index (χ0) is 20.8. The third-order valence-electron chi connectivity index (χ3n) is 6.10. The lowest BCUT2D eigenvalue weighted by Gasteiger charge is -2.33. The molecule has 4 atom stereocenters. The molecule has 0 aliphatic carbocycles. The Hall–Kier alpha value is -3.13. The smallest absolute Gasteiger partial charge is 0.161 e. The van der Waals surface area contributed by atoms with Gasteiger partial charge in [-0.1, -0.05) is 6.58 Å². The fraction of sp³-hybridized carbons (Fsp3) is 0.318. The molecular weight excluding hydrogens is 388 g/mol. The van der Waals surface area contributed by atoms with E-state index in [9.17, 15) is 13.9 Å². The normalized spacial score (nSPS) is 25.4. The molecule has 0 radical (unpaired) electrons. The zero-order valence-electron chi connectivity index (χ0n) is 16.2. The molecule has 2 saturated heterocycles. The van der Waals surface area contributed by atoms with Gasteiger partial charge in [-0.2, -0.15) is 10.2 Å². The van der Waals surface area contributed by atoms with Gasteiger partial charge in [0.15, 0.2) is 5.82 Å². The van der Waals surface area contributed by atoms with E-state index < -0.39 is 12.0 Å². The van der Waals surface area contributed by atoms with Crippen molar-refractivity contribution < 1.29 is 13.9 Å². The molecule has 2 N–H and O–H groups in total. The van der Waals surface area contributed by atoms with Gasteiger partial charge in [0.25, 0.3) is 0 Å². The molecule has 154 valence electrons. The molecule has 30 heavy (non-hydrogen) atoms. The van der Waals surface area contributed by atoms with Crippen LogP contribution in [0.5, 0.6) is 5.75 Å². The van der Waals surface area contributed by atoms with E-state index in [-0.39, 0.29) is 17.7 Å². The van der Waals surface area contributed by atoms with Crippen molar-refractivity contribution in [1.82, 2.24) is 25.3 Å². The molecule has 6 nitrogen and oxygen atoms in total. The van der Waals surface area contributed by atoms with Crippen LogP contribution >= 0.6 is 0 Å². The van der Waals surface area contributed by atoms with Crippen molar-refractivity contribution in [2.24, 2.45) is 5.92 Å². The van der Waals surface area contributed by atoms with Gasteiger partial charge in [0.05, 0.1) is 29.5 Å². The van der Waals surface area contributed by atoms with Crippen LogP contribution in [0.4, 0.5) is 8.78 Å². The van der Waals surface area contributed by atoms with E-state index in [0.29, 0.717) is 34.3 Å². The number of aromatic nitrogens is 4. The number of allylic oxidation sites excluding steroid dienone is 1. The highest BCUT2D eigenvalue weighted by atomic mass is 19.1. The quantitative estimate of drug-likeness (QED) is 0.688. The fourth-order valence-corrected chi connectivity index (χ4v) is 4.50. The van der Waals surface area contributed by atoms with Crippen LogP contribution in [0.15, 0.2) is 49.3 Å². The highest BCUT2D eigenvalue weighted by Gasteiger charge is 2.43. The van der Waals surface area contributed by atoms with Crippen LogP contribution in [0, 0.1) is 11.7 Å². The number of phenols is 1. The first-order chi connectivity index (χ1) is 14.5. The van der Waals surface area contributed by atoms with Crippen LogP contribution in [0.2, 0.25) is 0 Å². The Morgan fingerprint density at radius 1 is 1.20 bits per heavy atom. The van der Waals surface area contributed by atoms with E-state index in [4.69, 9.17) is 0 Å². The third-order valence-corrected chi connectivity index (χ3v) is 6.10. The van der Waals surface area contributed by atoms with E-state index in [2.05, 4.69) is 27.2 Å². The number of phenolic OH excluding ortho intramolecular Hbond substituents is 1. The van der Waals surface area contributed by atoms with E-state index >= 15 is 0 Å². The third kappa shape index (κ3) is 3.27. The van der Waals surface area contributed by atoms with Crippen molar-refractivity contribution in [2.75, 3.05) is 0 Å². The average Bonchev–Trinajstić information content (AvgIpc) is 3.37. The van der Waals surface area contributed by atoms with Crippen molar-refractivity contribution in [2.45, 2.75) is 37.5 Å². The number of nitrogens with zero attached hydrogens (tertiary/aromatic N) is 4. The molecular formula is C22H21F2N5O. The SMILES string of the molecule is C=C(c1ccc(-c2ccc(-n3cc(F)cn3)cc2O)nn1)[C@H]1CC2CCC(N2)[C@H]1F. The Balaban J connectivity index is 1.36. The Kier molecular flexibility index (Phi) is 4.58. The number of hydrogen-bond acceptors (Lipinski definition) is 5. The molecule has 2 fully saturated rings. The minimum Gasteiger partial charge on any atom is -0.507 e. The maximum atomic E-state index is 14.8. The van der Waals surface area contributed by atoms with Crippen LogP contribution in [-0.2, 0) is 0 Å². The second-order valence-electron chi connectivity index (χ2n) is 7.97. The van der Waals surface area contributed by atoms with Gasteiger partial charge in [-0.3, -0.25) is 0 Å². The summed E-state index contributed by atoms with van der Waals surface area (Å²) in [6, 6.07) is 8.59. The molecule has 2 unspecified atom stereocenters. The maximum Gasteiger partial charge on any atom is 0.161 e. The molecule has 1 aromatic carbocycles. The molecule has 2 aliphatic heterocycles. The molecule has 3 aromatic rings. The Morgan fingerprint density at radius 2 is 2.07 bits per heavy atom. The van der Waals surface area contributed by atoms with E-state index in [1.807, 2.05) is 0 Å². The largest absolute Gasteiger partial charge is 0.507 e. The van der Waals surface area contributed by atoms with Gasteiger partial charge in [0, 0.05) is 29.6 Å². The van der Waals surface area contributed by atoms with Gasteiger partial charge in [0.2, 0.25) is 0 Å². The monoisotopic (exact) mass is 409 g/mol. The summed E-state index contributed by atoms with van der Waals surface area (Å²) in [7, 11) is 0. The number of aromatic hydroxyl groups is 1. The van der Waals surface area contributed by atoms with Crippen molar-refractivity contribution in [3.63, 3.8) is 0 Å². The van der Waals surface area contributed by atoms with Crippen LogP contribution in [-0.4, -0.2) is 43.3 Å². The van der Waals surface area contributed by atoms with Gasteiger partial charge in [-0.15, -0.1) is 5.10 Å². The Bertz CT molecular complexity index is 1100. The lowest BCUT2D eigenvalue weighted by atomic mass is 9.83. The number of alkyl halides is 1. The number of nitrogens with one attached hydrogen (secondary N) is 1. The molecule has 5 rings (SSSR count). The Labute approximate surface area is 172 Å². The lowest BCUT2D eigenvalue weighted by molar-refractivity contribution is 0.167. The summed E-state index contributed by atoms with van der Waals surface area (Å²) in [5, 5.41) is 26.1. The van der Waals surface area contributed by atoms with Gasteiger partial charge in [-0.05, 0) is 49.1 Å². The number of rotatable bonds is 4. The molecule has 2 aromatic heterocycles. The molecule has 4 heterocycles. The molecule has 8 heteroatoms. The molecule has 0 amide bonds. The topological polar surface area (TPSA) is 75.9 Å². The number of benzene rings is 1. The number of piperidine rings is 1. The summed E-state index contributed by atoms with van der Waals surface area (Å²) < 4.78 is 29.3. The Morgan fingerprint density at radius 3 is 2.77 bits per heavy atom. The van der Waals surface area contributed by atoms with Crippen LogP contribution in [0.3, 0.4) is 0 Å². The second kappa shape index (κ2) is 7.28. The summed E-state index contributed by atoms with van der Waals surface area (Å²) >= 11 is 0. The first kappa shape index (κ1) is 18.9. The summed E-state index contributed by atoms with van der Waals surface area (Å²) in [4.78, 5) is 0. The molecule has 2 bridgehead atoms. The maximum absolute atomic E-state index is 14.8. The van der Waals surface area contributed by atoms with Crippen molar-refractivity contribution in [3.8, 4) is 22.7 Å². The van der Waals surface area contributed by atoms with Gasteiger partial charge >= 0.3 is 0 Å². The van der Waals surface area contributed by atoms with Gasteiger partial charge in [-0.25, -0.2) is 13.5 Å². The van der Waals surface area contributed by atoms with Crippen LogP contribution < -0.4 is 5.32 Å². The first-order valence-electron chi connectivity index (χ1n) is 9.96. The summed E-state index contributed by atoms with van der Waals surface area (Å²) in [6.45, 7) is 4.10. The van der Waals surface area contributed by atoms with E-state index in [0.717, 1.165) is 25.5 Å². The summed E-state index contributed by atoms with van der Waals surface area (Å²) in [5.74, 6) is -0.744. The molecule has 2 aliphatic rings. The fourth-order valence-electron chi connectivity index (χ4n) is 4.50. The first-order valence-corrected chi connectivity index (χ1v) is 9.96. The second-order valence-corrected chi connectivity index (χ2v) is 7.97. The number of hydrogen-bond donors (Lipinski definition) is 2. The minimum absolute atomic E-state index is 0.0250. The molecule has 0 spiro atoms. The lowest BCUT2D eigenvalue weighted by Crippen LogP contribution is -2.47. The number of fused-ring (bicyclic) bond motifs is 2. The standard InChI is InChI=1S/C22H21F2N5O/c1-12(17-8-14-2-5-20(26-14)22(17)24)18-6-7-19(28-27-18)16-4-3-15(9-21(16)30)29-11-13(23)10-25-29/h3-4,6-7,9-11,14,17,20,22,26,30H,1-2,5,8H2/t14?,17-,20?,22+/m1/s1. The predicted molar refractivity (Wildman–Crippen MR) is 108 cm³/mol. The van der Waals surface area contributed by atoms with Crippen LogP contribution in [0.1, 0.15) is 25.0 Å².